The third kappa shape index (κ3) is 4.55. The highest BCUT2D eigenvalue weighted by Crippen LogP contribution is 2.27. The van der Waals surface area contributed by atoms with Gasteiger partial charge < -0.3 is 15.2 Å². The molecule has 0 heterocycles. The van der Waals surface area contributed by atoms with Gasteiger partial charge in [-0.2, -0.15) is 4.31 Å². The van der Waals surface area contributed by atoms with Crippen molar-refractivity contribution in [2.75, 3.05) is 18.4 Å². The topological polar surface area (TPSA) is 107 Å². The van der Waals surface area contributed by atoms with Crippen molar-refractivity contribution >= 4 is 43.5 Å². The average molecular weight is 454 g/mol. The summed E-state index contributed by atoms with van der Waals surface area (Å²) in [5, 5.41) is 13.6. The van der Waals surface area contributed by atoms with Crippen LogP contribution in [0.5, 0.6) is 0 Å². The molecule has 0 saturated heterocycles. The molecule has 0 atom stereocenters. The lowest BCUT2D eigenvalue weighted by molar-refractivity contribution is -0.254. The maximum Gasteiger partial charge on any atom is 0.255 e. The van der Waals surface area contributed by atoms with Crippen molar-refractivity contribution in [3.63, 3.8) is 0 Å². The molecule has 0 aliphatic rings. The fourth-order valence-corrected chi connectivity index (χ4v) is 4.92. The van der Waals surface area contributed by atoms with Crippen molar-refractivity contribution < 1.29 is 23.1 Å². The quantitative estimate of drug-likeness (QED) is 0.690. The van der Waals surface area contributed by atoms with Gasteiger partial charge in [0.05, 0.1) is 16.6 Å². The van der Waals surface area contributed by atoms with Gasteiger partial charge in [-0.1, -0.05) is 32.0 Å². The number of rotatable bonds is 7. The number of carbonyl (C=O) groups is 2. The summed E-state index contributed by atoms with van der Waals surface area (Å²) in [6.07, 6.45) is 0. The van der Waals surface area contributed by atoms with Crippen LogP contribution in [0, 0.1) is 0 Å². The van der Waals surface area contributed by atoms with E-state index in [9.17, 15) is 23.1 Å². The molecule has 0 aliphatic heterocycles. The van der Waals surface area contributed by atoms with Gasteiger partial charge in [0.1, 0.15) is 0 Å². The molecule has 27 heavy (non-hydrogen) atoms. The first-order chi connectivity index (χ1) is 12.7. The van der Waals surface area contributed by atoms with Crippen LogP contribution in [-0.4, -0.2) is 37.7 Å². The van der Waals surface area contributed by atoms with Gasteiger partial charge >= 0.3 is 0 Å². The van der Waals surface area contributed by atoms with E-state index in [4.69, 9.17) is 0 Å². The molecule has 1 amide bonds. The van der Waals surface area contributed by atoms with E-state index in [2.05, 4.69) is 21.2 Å². The van der Waals surface area contributed by atoms with Crippen molar-refractivity contribution in [1.29, 1.82) is 0 Å². The lowest BCUT2D eigenvalue weighted by Gasteiger charge is -2.20. The average Bonchev–Trinajstić information content (AvgIpc) is 2.62. The zero-order valence-electron chi connectivity index (χ0n) is 14.7. The number of carboxylic acids is 1. The normalized spacial score (nSPS) is 11.4. The number of aromatic carboxylic acids is 1. The zero-order valence-corrected chi connectivity index (χ0v) is 17.1. The van der Waals surface area contributed by atoms with Crippen LogP contribution in [0.25, 0.3) is 0 Å². The predicted molar refractivity (Wildman–Crippen MR) is 103 cm³/mol. The summed E-state index contributed by atoms with van der Waals surface area (Å²) in [6.45, 7) is 4.03. The number of hydrogen-bond acceptors (Lipinski definition) is 5. The Morgan fingerprint density at radius 1 is 1.11 bits per heavy atom. The molecule has 7 nitrogen and oxygen atoms in total. The maximum absolute atomic E-state index is 12.8. The number of para-hydroxylation sites is 1. The first-order valence-electron chi connectivity index (χ1n) is 8.13. The molecule has 144 valence electrons. The van der Waals surface area contributed by atoms with Crippen LogP contribution in [0.4, 0.5) is 5.69 Å². The monoisotopic (exact) mass is 453 g/mol. The number of nitrogens with one attached hydrogen (secondary N) is 1. The number of amides is 1. The van der Waals surface area contributed by atoms with E-state index in [1.807, 2.05) is 0 Å². The van der Waals surface area contributed by atoms with Crippen molar-refractivity contribution in [3.05, 3.63) is 58.1 Å². The third-order valence-corrected chi connectivity index (χ3v) is 6.96. The number of benzene rings is 2. The molecule has 0 spiro atoms. The number of hydrogen-bond donors (Lipinski definition) is 1. The molecule has 0 aromatic heterocycles. The van der Waals surface area contributed by atoms with E-state index in [1.54, 1.807) is 19.9 Å². The Bertz CT molecular complexity index is 971. The highest BCUT2D eigenvalue weighted by Gasteiger charge is 2.25. The Balaban J connectivity index is 2.41. The van der Waals surface area contributed by atoms with Crippen LogP contribution >= 0.6 is 15.9 Å². The summed E-state index contributed by atoms with van der Waals surface area (Å²) in [6, 6.07) is 9.99. The van der Waals surface area contributed by atoms with Gasteiger partial charge in [0.25, 0.3) is 5.91 Å². The Morgan fingerprint density at radius 3 is 2.33 bits per heavy atom. The van der Waals surface area contributed by atoms with Crippen LogP contribution < -0.4 is 10.4 Å². The Labute approximate surface area is 166 Å². The Hall–Kier alpha value is -2.23. The van der Waals surface area contributed by atoms with Crippen molar-refractivity contribution in [2.45, 2.75) is 18.7 Å². The summed E-state index contributed by atoms with van der Waals surface area (Å²) in [5.41, 5.74) is -0.0189. The zero-order chi connectivity index (χ0) is 20.2. The molecule has 1 N–H and O–H groups in total. The van der Waals surface area contributed by atoms with Gasteiger partial charge in [-0.3, -0.25) is 4.79 Å². The van der Waals surface area contributed by atoms with Crippen LogP contribution in [0.3, 0.4) is 0 Å². The molecule has 2 aromatic rings. The summed E-state index contributed by atoms with van der Waals surface area (Å²) >= 11 is 3.22. The van der Waals surface area contributed by atoms with Gasteiger partial charge in [0.2, 0.25) is 10.0 Å². The number of carboxylic acid groups (broad SMARTS) is 1. The van der Waals surface area contributed by atoms with Crippen LogP contribution in [-0.2, 0) is 10.0 Å². The van der Waals surface area contributed by atoms with E-state index >= 15 is 0 Å². The molecule has 0 fully saturated rings. The summed E-state index contributed by atoms with van der Waals surface area (Å²) in [5.74, 6) is -2.06. The van der Waals surface area contributed by atoms with Crippen LogP contribution in [0.2, 0.25) is 0 Å². The van der Waals surface area contributed by atoms with Gasteiger partial charge in [0, 0.05) is 28.7 Å². The standard InChI is InChI=1S/C18H19BrN2O5S/c1-3-21(4-2)27(25,26)16-11-12(9-10-14(16)19)17(22)20-15-8-6-5-7-13(15)18(23)24/h5-11H,3-4H2,1-2H3,(H,20,22)(H,23,24)/p-1. The minimum atomic E-state index is -3.78. The largest absolute Gasteiger partial charge is 0.545 e. The Kier molecular flexibility index (Phi) is 6.74. The van der Waals surface area contributed by atoms with Crippen LogP contribution in [0.15, 0.2) is 51.8 Å². The van der Waals surface area contributed by atoms with E-state index in [1.165, 1.54) is 40.7 Å². The molecule has 2 aromatic carbocycles. The minimum Gasteiger partial charge on any atom is -0.545 e. The molecular weight excluding hydrogens is 436 g/mol. The third-order valence-electron chi connectivity index (χ3n) is 3.91. The molecule has 0 aliphatic carbocycles. The number of halogens is 1. The van der Waals surface area contributed by atoms with E-state index in [0.717, 1.165) is 0 Å². The van der Waals surface area contributed by atoms with Crippen molar-refractivity contribution in [2.24, 2.45) is 0 Å². The number of sulfonamides is 1. The fraction of sp³-hybridized carbons (Fsp3) is 0.222. The van der Waals surface area contributed by atoms with Gasteiger partial charge in [0.15, 0.2) is 0 Å². The van der Waals surface area contributed by atoms with E-state index in [-0.39, 0.29) is 21.7 Å². The maximum atomic E-state index is 12.8. The number of nitrogens with zero attached hydrogens (tertiary/aromatic N) is 1. The minimum absolute atomic E-state index is 0.0352. The second-order valence-corrected chi connectivity index (χ2v) is 8.28. The second kappa shape index (κ2) is 8.64. The molecule has 2 rings (SSSR count). The summed E-state index contributed by atoms with van der Waals surface area (Å²) in [4.78, 5) is 23.7. The Morgan fingerprint density at radius 2 is 1.74 bits per heavy atom. The molecular formula is C18H18BrN2O5S-. The first kappa shape index (κ1) is 21.1. The molecule has 9 heteroatoms. The smallest absolute Gasteiger partial charge is 0.255 e. The van der Waals surface area contributed by atoms with E-state index in [0.29, 0.717) is 17.6 Å². The van der Waals surface area contributed by atoms with Crippen molar-refractivity contribution in [1.82, 2.24) is 4.31 Å². The lowest BCUT2D eigenvalue weighted by Crippen LogP contribution is -2.31. The molecule has 0 bridgehead atoms. The van der Waals surface area contributed by atoms with Gasteiger partial charge in [-0.25, -0.2) is 8.42 Å². The highest BCUT2D eigenvalue weighted by atomic mass is 79.9. The number of anilines is 1. The van der Waals surface area contributed by atoms with Gasteiger partial charge in [-0.05, 0) is 40.2 Å². The molecule has 0 saturated carbocycles. The summed E-state index contributed by atoms with van der Waals surface area (Å²) < 4.78 is 27.2. The fourth-order valence-electron chi connectivity index (χ4n) is 2.51. The summed E-state index contributed by atoms with van der Waals surface area (Å²) in [7, 11) is -3.78. The lowest BCUT2D eigenvalue weighted by atomic mass is 10.1. The first-order valence-corrected chi connectivity index (χ1v) is 10.4. The second-order valence-electron chi connectivity index (χ2n) is 5.52. The van der Waals surface area contributed by atoms with Crippen LogP contribution in [0.1, 0.15) is 34.6 Å². The molecule has 0 unspecified atom stereocenters. The SMILES string of the molecule is CCN(CC)S(=O)(=O)c1cc(C(=O)Nc2ccccc2C(=O)[O-])ccc1Br. The van der Waals surface area contributed by atoms with E-state index < -0.39 is 21.9 Å². The molecule has 0 radical (unpaired) electrons. The highest BCUT2D eigenvalue weighted by molar-refractivity contribution is 9.10. The van der Waals surface area contributed by atoms with Crippen molar-refractivity contribution in [3.8, 4) is 0 Å². The number of carbonyl (C=O) groups excluding carboxylic acids is 2. The predicted octanol–water partition coefficient (Wildman–Crippen LogP) is 2.10. The van der Waals surface area contributed by atoms with Gasteiger partial charge in [-0.15, -0.1) is 0 Å².